The van der Waals surface area contributed by atoms with E-state index in [1.807, 2.05) is 11.8 Å². The van der Waals surface area contributed by atoms with Gasteiger partial charge in [0.1, 0.15) is 0 Å². The molecule has 0 aromatic rings. The van der Waals surface area contributed by atoms with Crippen molar-refractivity contribution in [2.75, 3.05) is 19.6 Å². The third-order valence-electron chi connectivity index (χ3n) is 2.82. The lowest BCUT2D eigenvalue weighted by atomic mass is 10.3. The molecule has 1 amide bonds. The molecule has 2 aliphatic rings. The van der Waals surface area contributed by atoms with Crippen molar-refractivity contribution >= 4 is 22.8 Å². The number of nitrogens with zero attached hydrogens (tertiary/aromatic N) is 1. The number of hydrogen-bond acceptors (Lipinski definition) is 4. The molecule has 0 aromatic carbocycles. The molecule has 90 valence electrons. The maximum absolute atomic E-state index is 11.3. The van der Waals surface area contributed by atoms with Gasteiger partial charge in [-0.2, -0.15) is 0 Å². The number of carbonyl (C=O) groups excluding carboxylic acids is 1. The number of amidine groups is 1. The van der Waals surface area contributed by atoms with Gasteiger partial charge in [0.25, 0.3) is 0 Å². The summed E-state index contributed by atoms with van der Waals surface area (Å²) in [5, 5.41) is 7.86. The molecule has 1 fully saturated rings. The van der Waals surface area contributed by atoms with Crippen LogP contribution in [0.5, 0.6) is 0 Å². The molecule has 0 radical (unpaired) electrons. The first-order valence-corrected chi connectivity index (χ1v) is 6.90. The van der Waals surface area contributed by atoms with Crippen LogP contribution in [0.25, 0.3) is 0 Å². The highest BCUT2D eigenvalue weighted by atomic mass is 32.2. The summed E-state index contributed by atoms with van der Waals surface area (Å²) in [6.07, 6.45) is 3.30. The van der Waals surface area contributed by atoms with Gasteiger partial charge in [0.05, 0.1) is 6.54 Å². The molecule has 4 nitrogen and oxygen atoms in total. The van der Waals surface area contributed by atoms with E-state index in [9.17, 15) is 4.79 Å². The maximum Gasteiger partial charge on any atom is 0.223 e. The Balaban J connectivity index is 1.53. The fourth-order valence-corrected chi connectivity index (χ4v) is 2.54. The SMILES string of the molecule is CCC1CN=C(NCCNC(=O)C2CC2)S1. The van der Waals surface area contributed by atoms with Crippen LogP contribution in [0.2, 0.25) is 0 Å². The van der Waals surface area contributed by atoms with E-state index in [1.165, 1.54) is 0 Å². The van der Waals surface area contributed by atoms with Gasteiger partial charge in [0.15, 0.2) is 5.17 Å². The Morgan fingerprint density at radius 1 is 1.50 bits per heavy atom. The lowest BCUT2D eigenvalue weighted by Gasteiger charge is -2.07. The van der Waals surface area contributed by atoms with E-state index in [1.54, 1.807) is 0 Å². The molecule has 0 spiro atoms. The fourth-order valence-electron chi connectivity index (χ4n) is 1.57. The van der Waals surface area contributed by atoms with Gasteiger partial charge in [0.2, 0.25) is 5.91 Å². The van der Waals surface area contributed by atoms with Crippen LogP contribution in [0, 0.1) is 5.92 Å². The number of thioether (sulfide) groups is 1. The predicted octanol–water partition coefficient (Wildman–Crippen LogP) is 0.984. The van der Waals surface area contributed by atoms with E-state index in [0.29, 0.717) is 17.7 Å². The first kappa shape index (κ1) is 11.8. The van der Waals surface area contributed by atoms with E-state index in [-0.39, 0.29) is 5.91 Å². The van der Waals surface area contributed by atoms with Gasteiger partial charge in [-0.1, -0.05) is 18.7 Å². The first-order chi connectivity index (χ1) is 7.79. The second-order valence-corrected chi connectivity index (χ2v) is 5.58. The zero-order valence-electron chi connectivity index (χ0n) is 9.66. The lowest BCUT2D eigenvalue weighted by molar-refractivity contribution is -0.122. The van der Waals surface area contributed by atoms with Crippen LogP contribution in [0.15, 0.2) is 4.99 Å². The summed E-state index contributed by atoms with van der Waals surface area (Å²) in [5.41, 5.74) is 0. The summed E-state index contributed by atoms with van der Waals surface area (Å²) >= 11 is 1.81. The quantitative estimate of drug-likeness (QED) is 0.706. The highest BCUT2D eigenvalue weighted by Crippen LogP contribution is 2.28. The Labute approximate surface area is 101 Å². The highest BCUT2D eigenvalue weighted by Gasteiger charge is 2.29. The van der Waals surface area contributed by atoms with Crippen molar-refractivity contribution in [1.82, 2.24) is 10.6 Å². The lowest BCUT2D eigenvalue weighted by Crippen LogP contribution is -2.34. The van der Waals surface area contributed by atoms with E-state index in [2.05, 4.69) is 22.5 Å². The van der Waals surface area contributed by atoms with Gasteiger partial charge in [-0.25, -0.2) is 0 Å². The Morgan fingerprint density at radius 3 is 2.94 bits per heavy atom. The van der Waals surface area contributed by atoms with Crippen molar-refractivity contribution in [3.63, 3.8) is 0 Å². The summed E-state index contributed by atoms with van der Waals surface area (Å²) in [6, 6.07) is 0. The molecule has 2 rings (SSSR count). The standard InChI is InChI=1S/C11H19N3OS/c1-2-9-7-14-11(16-9)13-6-5-12-10(15)8-3-4-8/h8-9H,2-7H2,1H3,(H,12,15)(H,13,14). The molecular weight excluding hydrogens is 222 g/mol. The summed E-state index contributed by atoms with van der Waals surface area (Å²) in [6.45, 7) is 4.59. The summed E-state index contributed by atoms with van der Waals surface area (Å²) < 4.78 is 0. The zero-order valence-corrected chi connectivity index (χ0v) is 10.5. The Morgan fingerprint density at radius 2 is 2.31 bits per heavy atom. The number of nitrogens with one attached hydrogen (secondary N) is 2. The van der Waals surface area contributed by atoms with Gasteiger partial charge in [-0.3, -0.25) is 9.79 Å². The average Bonchev–Trinajstić information content (AvgIpc) is 3.04. The molecule has 0 aromatic heterocycles. The average molecular weight is 241 g/mol. The third kappa shape index (κ3) is 3.40. The molecule has 2 N–H and O–H groups in total. The van der Waals surface area contributed by atoms with E-state index in [4.69, 9.17) is 0 Å². The number of hydrogen-bond donors (Lipinski definition) is 2. The van der Waals surface area contributed by atoms with Crippen molar-refractivity contribution in [2.45, 2.75) is 31.4 Å². The van der Waals surface area contributed by atoms with Crippen LogP contribution >= 0.6 is 11.8 Å². The zero-order chi connectivity index (χ0) is 11.4. The van der Waals surface area contributed by atoms with Gasteiger partial charge in [-0.15, -0.1) is 0 Å². The first-order valence-electron chi connectivity index (χ1n) is 6.02. The van der Waals surface area contributed by atoms with Crippen molar-refractivity contribution < 1.29 is 4.79 Å². The Kier molecular flexibility index (Phi) is 4.09. The number of rotatable bonds is 5. The van der Waals surface area contributed by atoms with Crippen molar-refractivity contribution in [1.29, 1.82) is 0 Å². The molecule has 16 heavy (non-hydrogen) atoms. The molecular formula is C11H19N3OS. The van der Waals surface area contributed by atoms with Crippen molar-refractivity contribution in [3.8, 4) is 0 Å². The number of carbonyl (C=O) groups is 1. The molecule has 1 aliphatic carbocycles. The third-order valence-corrected chi connectivity index (χ3v) is 4.13. The Hall–Kier alpha value is -0.710. The minimum atomic E-state index is 0.217. The van der Waals surface area contributed by atoms with Crippen LogP contribution in [0.4, 0.5) is 0 Å². The van der Waals surface area contributed by atoms with Crippen molar-refractivity contribution in [3.05, 3.63) is 0 Å². The summed E-state index contributed by atoms with van der Waals surface area (Å²) in [5.74, 6) is 0.525. The van der Waals surface area contributed by atoms with Crippen molar-refractivity contribution in [2.24, 2.45) is 10.9 Å². The molecule has 1 atom stereocenters. The Bertz CT molecular complexity index is 289. The fraction of sp³-hybridized carbons (Fsp3) is 0.818. The van der Waals surface area contributed by atoms with Crippen LogP contribution in [0.1, 0.15) is 26.2 Å². The van der Waals surface area contributed by atoms with Gasteiger partial charge < -0.3 is 10.6 Å². The van der Waals surface area contributed by atoms with Gasteiger partial charge >= 0.3 is 0 Å². The van der Waals surface area contributed by atoms with E-state index in [0.717, 1.165) is 37.5 Å². The number of amides is 1. The normalized spacial score (nSPS) is 24.1. The maximum atomic E-state index is 11.3. The highest BCUT2D eigenvalue weighted by molar-refractivity contribution is 8.14. The minimum absolute atomic E-state index is 0.217. The smallest absolute Gasteiger partial charge is 0.223 e. The van der Waals surface area contributed by atoms with Gasteiger partial charge in [-0.05, 0) is 19.3 Å². The molecule has 1 unspecified atom stereocenters. The summed E-state index contributed by atoms with van der Waals surface area (Å²) in [4.78, 5) is 15.7. The van der Waals surface area contributed by atoms with Crippen LogP contribution in [-0.2, 0) is 4.79 Å². The molecule has 0 bridgehead atoms. The van der Waals surface area contributed by atoms with E-state index < -0.39 is 0 Å². The molecule has 1 saturated carbocycles. The molecule has 1 heterocycles. The molecule has 1 aliphatic heterocycles. The monoisotopic (exact) mass is 241 g/mol. The van der Waals surface area contributed by atoms with Crippen LogP contribution in [0.3, 0.4) is 0 Å². The second kappa shape index (κ2) is 5.57. The predicted molar refractivity (Wildman–Crippen MR) is 67.7 cm³/mol. The second-order valence-electron chi connectivity index (χ2n) is 4.29. The largest absolute Gasteiger partial charge is 0.363 e. The van der Waals surface area contributed by atoms with E-state index >= 15 is 0 Å². The van der Waals surface area contributed by atoms with Gasteiger partial charge in [0, 0.05) is 24.3 Å². The number of aliphatic imine (C=N–C) groups is 1. The topological polar surface area (TPSA) is 53.5 Å². The van der Waals surface area contributed by atoms with Crippen LogP contribution < -0.4 is 10.6 Å². The molecule has 5 heteroatoms. The molecule has 0 saturated heterocycles. The summed E-state index contributed by atoms with van der Waals surface area (Å²) in [7, 11) is 0. The van der Waals surface area contributed by atoms with Crippen LogP contribution in [-0.4, -0.2) is 36.0 Å². The minimum Gasteiger partial charge on any atom is -0.363 e.